The van der Waals surface area contributed by atoms with E-state index in [1.807, 2.05) is 49.6 Å². The molecule has 4 rings (SSSR count). The molecule has 0 unspecified atom stereocenters. The van der Waals surface area contributed by atoms with Gasteiger partial charge in [0.2, 0.25) is 5.91 Å². The molecule has 6 heteroatoms. The van der Waals surface area contributed by atoms with Gasteiger partial charge in [0.05, 0.1) is 29.7 Å². The summed E-state index contributed by atoms with van der Waals surface area (Å²) in [5.74, 6) is 2.22. The van der Waals surface area contributed by atoms with Crippen LogP contribution in [0.1, 0.15) is 38.6 Å². The molecule has 0 radical (unpaired) electrons. The van der Waals surface area contributed by atoms with Gasteiger partial charge in [0, 0.05) is 31.6 Å². The third-order valence-corrected chi connectivity index (χ3v) is 5.75. The molecule has 0 aliphatic rings. The molecule has 6 nitrogen and oxygen atoms in total. The fourth-order valence-corrected chi connectivity index (χ4v) is 4.23. The molecule has 2 aromatic heterocycles. The van der Waals surface area contributed by atoms with Gasteiger partial charge in [-0.1, -0.05) is 32.0 Å². The van der Waals surface area contributed by atoms with Gasteiger partial charge in [-0.2, -0.15) is 0 Å². The molecule has 31 heavy (non-hydrogen) atoms. The quantitative estimate of drug-likeness (QED) is 0.446. The number of hydrogen-bond acceptors (Lipinski definition) is 3. The van der Waals surface area contributed by atoms with Gasteiger partial charge in [0.25, 0.3) is 0 Å². The lowest BCUT2D eigenvalue weighted by atomic mass is 10.0. The zero-order chi connectivity index (χ0) is 22.0. The number of nitrogens with zero attached hydrogens (tertiary/aromatic N) is 3. The van der Waals surface area contributed by atoms with Crippen LogP contribution in [0, 0.1) is 5.92 Å². The maximum absolute atomic E-state index is 12.9. The van der Waals surface area contributed by atoms with E-state index in [4.69, 9.17) is 9.72 Å². The first-order valence-corrected chi connectivity index (χ1v) is 10.8. The first-order chi connectivity index (χ1) is 15.0. The van der Waals surface area contributed by atoms with Crippen LogP contribution < -0.4 is 10.1 Å². The number of carbonyl (C=O) groups excluding carboxylic acids is 1. The van der Waals surface area contributed by atoms with Gasteiger partial charge >= 0.3 is 0 Å². The van der Waals surface area contributed by atoms with Crippen molar-refractivity contribution in [2.45, 2.75) is 39.3 Å². The Hall–Kier alpha value is -3.28. The summed E-state index contributed by atoms with van der Waals surface area (Å²) in [6.07, 6.45) is 3.25. The zero-order valence-corrected chi connectivity index (χ0v) is 18.6. The smallest absolute Gasteiger partial charge is 0.222 e. The van der Waals surface area contributed by atoms with Crippen LogP contribution in [-0.4, -0.2) is 27.1 Å². The number of benzene rings is 2. The number of aryl methyl sites for hydroxylation is 2. The lowest BCUT2D eigenvalue weighted by Crippen LogP contribution is -2.31. The Morgan fingerprint density at radius 1 is 1.10 bits per heavy atom. The zero-order valence-electron chi connectivity index (χ0n) is 18.6. The number of carbonyl (C=O) groups is 1. The fourth-order valence-electron chi connectivity index (χ4n) is 4.23. The SMILES string of the molecule is COc1cccc2c1ccn2CCC(=O)N[C@@H](CC(C)C)c1nc2ccccc2n1C. The molecule has 2 heterocycles. The number of amides is 1. The van der Waals surface area contributed by atoms with Crippen LogP contribution in [0.4, 0.5) is 0 Å². The average molecular weight is 419 g/mol. The predicted octanol–water partition coefficient (Wildman–Crippen LogP) is 4.83. The lowest BCUT2D eigenvalue weighted by Gasteiger charge is -2.21. The number of methoxy groups -OCH3 is 1. The second kappa shape index (κ2) is 8.84. The third-order valence-electron chi connectivity index (χ3n) is 5.75. The normalized spacial score (nSPS) is 12.5. The van der Waals surface area contributed by atoms with Crippen LogP contribution >= 0.6 is 0 Å². The first kappa shape index (κ1) is 21.0. The Morgan fingerprint density at radius 3 is 2.61 bits per heavy atom. The molecule has 0 bridgehead atoms. The minimum Gasteiger partial charge on any atom is -0.496 e. The standard InChI is InChI=1S/C25H30N4O2/c1-17(2)16-20(25-27-19-8-5-6-9-22(19)28(25)3)26-24(30)13-15-29-14-12-18-21(29)10-7-11-23(18)31-4/h5-12,14,17,20H,13,15-16H2,1-4H3,(H,26,30)/t20-/m0/s1. The van der Waals surface area contributed by atoms with Crippen molar-refractivity contribution in [3.05, 3.63) is 60.6 Å². The summed E-state index contributed by atoms with van der Waals surface area (Å²) in [5.41, 5.74) is 3.10. The van der Waals surface area contributed by atoms with Crippen molar-refractivity contribution in [1.82, 2.24) is 19.4 Å². The fraction of sp³-hybridized carbons (Fsp3) is 0.360. The van der Waals surface area contributed by atoms with Crippen LogP contribution in [-0.2, 0) is 18.4 Å². The Morgan fingerprint density at radius 2 is 1.87 bits per heavy atom. The molecular formula is C25H30N4O2. The molecule has 1 N–H and O–H groups in total. The Bertz CT molecular complexity index is 1200. The summed E-state index contributed by atoms with van der Waals surface area (Å²) in [4.78, 5) is 17.7. The van der Waals surface area contributed by atoms with Crippen molar-refractivity contribution in [2.24, 2.45) is 13.0 Å². The van der Waals surface area contributed by atoms with Crippen molar-refractivity contribution in [3.63, 3.8) is 0 Å². The van der Waals surface area contributed by atoms with Gasteiger partial charge in [-0.05, 0) is 42.7 Å². The highest BCUT2D eigenvalue weighted by molar-refractivity contribution is 5.86. The van der Waals surface area contributed by atoms with E-state index in [-0.39, 0.29) is 11.9 Å². The van der Waals surface area contributed by atoms with E-state index in [0.29, 0.717) is 18.9 Å². The van der Waals surface area contributed by atoms with E-state index in [9.17, 15) is 4.79 Å². The Balaban J connectivity index is 1.50. The van der Waals surface area contributed by atoms with Crippen molar-refractivity contribution in [3.8, 4) is 5.75 Å². The first-order valence-electron chi connectivity index (χ1n) is 10.8. The summed E-state index contributed by atoms with van der Waals surface area (Å²) in [5, 5.41) is 4.30. The minimum atomic E-state index is -0.119. The maximum atomic E-state index is 12.9. The molecule has 0 aliphatic carbocycles. The summed E-state index contributed by atoms with van der Waals surface area (Å²) >= 11 is 0. The van der Waals surface area contributed by atoms with Gasteiger partial charge < -0.3 is 19.2 Å². The molecule has 2 aromatic carbocycles. The Labute approximate surface area is 182 Å². The van der Waals surface area contributed by atoms with Crippen LogP contribution in [0.5, 0.6) is 5.75 Å². The number of imidazole rings is 1. The van der Waals surface area contributed by atoms with E-state index in [0.717, 1.165) is 39.9 Å². The topological polar surface area (TPSA) is 61.1 Å². The monoisotopic (exact) mass is 418 g/mol. The highest BCUT2D eigenvalue weighted by atomic mass is 16.5. The summed E-state index contributed by atoms with van der Waals surface area (Å²) in [6, 6.07) is 16.0. The molecule has 1 amide bonds. The third kappa shape index (κ3) is 4.29. The number of para-hydroxylation sites is 2. The van der Waals surface area contributed by atoms with Gasteiger partial charge in [-0.25, -0.2) is 4.98 Å². The molecule has 0 saturated carbocycles. The van der Waals surface area contributed by atoms with E-state index in [1.165, 1.54) is 0 Å². The summed E-state index contributed by atoms with van der Waals surface area (Å²) < 4.78 is 9.63. The highest BCUT2D eigenvalue weighted by Crippen LogP contribution is 2.27. The number of rotatable bonds is 8. The average Bonchev–Trinajstić information content (AvgIpc) is 3.33. The van der Waals surface area contributed by atoms with E-state index >= 15 is 0 Å². The second-order valence-corrected chi connectivity index (χ2v) is 8.42. The van der Waals surface area contributed by atoms with E-state index < -0.39 is 0 Å². The maximum Gasteiger partial charge on any atom is 0.222 e. The highest BCUT2D eigenvalue weighted by Gasteiger charge is 2.22. The van der Waals surface area contributed by atoms with Crippen LogP contribution in [0.3, 0.4) is 0 Å². The van der Waals surface area contributed by atoms with Crippen LogP contribution in [0.15, 0.2) is 54.7 Å². The molecule has 1 atom stereocenters. The van der Waals surface area contributed by atoms with Crippen LogP contribution in [0.2, 0.25) is 0 Å². The number of fused-ring (bicyclic) bond motifs is 2. The van der Waals surface area contributed by atoms with E-state index in [2.05, 4.69) is 40.4 Å². The molecule has 0 aliphatic heterocycles. The summed E-state index contributed by atoms with van der Waals surface area (Å²) in [6.45, 7) is 4.95. The van der Waals surface area contributed by atoms with Crippen molar-refractivity contribution in [2.75, 3.05) is 7.11 Å². The van der Waals surface area contributed by atoms with Gasteiger partial charge in [-0.15, -0.1) is 0 Å². The summed E-state index contributed by atoms with van der Waals surface area (Å²) in [7, 11) is 3.69. The van der Waals surface area contributed by atoms with Gasteiger partial charge in [-0.3, -0.25) is 4.79 Å². The second-order valence-electron chi connectivity index (χ2n) is 8.42. The molecule has 0 spiro atoms. The number of nitrogens with one attached hydrogen (secondary N) is 1. The predicted molar refractivity (Wildman–Crippen MR) is 124 cm³/mol. The molecule has 162 valence electrons. The van der Waals surface area contributed by atoms with Crippen LogP contribution in [0.25, 0.3) is 21.9 Å². The largest absolute Gasteiger partial charge is 0.496 e. The van der Waals surface area contributed by atoms with Crippen molar-refractivity contribution in [1.29, 1.82) is 0 Å². The minimum absolute atomic E-state index is 0.0300. The number of aromatic nitrogens is 3. The number of hydrogen-bond donors (Lipinski definition) is 1. The number of ether oxygens (including phenoxy) is 1. The van der Waals surface area contributed by atoms with E-state index in [1.54, 1.807) is 7.11 Å². The molecule has 0 fully saturated rings. The van der Waals surface area contributed by atoms with Gasteiger partial charge in [0.15, 0.2) is 0 Å². The molecule has 0 saturated heterocycles. The molecular weight excluding hydrogens is 388 g/mol. The Kier molecular flexibility index (Phi) is 5.98. The van der Waals surface area contributed by atoms with Crippen molar-refractivity contribution >= 4 is 27.8 Å². The lowest BCUT2D eigenvalue weighted by molar-refractivity contribution is -0.122. The van der Waals surface area contributed by atoms with Gasteiger partial charge in [0.1, 0.15) is 11.6 Å². The molecule has 4 aromatic rings. The van der Waals surface area contributed by atoms with Crippen molar-refractivity contribution < 1.29 is 9.53 Å².